The molecular formula is C19H35N3O5. The Kier molecular flexibility index (Phi) is 16.7. The molecule has 0 aliphatic heterocycles. The number of nitrogens with one attached hydrogen (secondary N) is 1. The molecule has 8 nitrogen and oxygen atoms in total. The van der Waals surface area contributed by atoms with Crippen LogP contribution >= 0.6 is 0 Å². The summed E-state index contributed by atoms with van der Waals surface area (Å²) in [6.45, 7) is 12.1. The van der Waals surface area contributed by atoms with Crippen molar-refractivity contribution >= 4 is 11.6 Å². The molecule has 1 rings (SSSR count). The molecule has 0 aliphatic rings. The first-order valence-corrected chi connectivity index (χ1v) is 9.47. The second-order valence-corrected chi connectivity index (χ2v) is 5.56. The lowest BCUT2D eigenvalue weighted by Gasteiger charge is -2.09. The molecular weight excluding hydrogens is 350 g/mol. The minimum absolute atomic E-state index is 0.00467. The summed E-state index contributed by atoms with van der Waals surface area (Å²) in [7, 11) is 1.64. The molecule has 1 heterocycles. The zero-order valence-corrected chi connectivity index (χ0v) is 17.3. The Morgan fingerprint density at radius 2 is 1.52 bits per heavy atom. The zero-order chi connectivity index (χ0) is 20.3. The van der Waals surface area contributed by atoms with Crippen LogP contribution < -0.4 is 5.32 Å². The van der Waals surface area contributed by atoms with Crippen molar-refractivity contribution in [3.05, 3.63) is 18.1 Å². The summed E-state index contributed by atoms with van der Waals surface area (Å²) in [5.41, 5.74) is 0.425. The Morgan fingerprint density at radius 1 is 0.963 bits per heavy atom. The molecule has 0 atom stereocenters. The molecule has 0 fully saturated rings. The van der Waals surface area contributed by atoms with E-state index in [-0.39, 0.29) is 11.7 Å². The summed E-state index contributed by atoms with van der Waals surface area (Å²) in [5, 5.41) is 3.11. The second-order valence-electron chi connectivity index (χ2n) is 5.56. The Morgan fingerprint density at radius 3 is 2.07 bits per heavy atom. The highest BCUT2D eigenvalue weighted by Gasteiger charge is 2.12. The van der Waals surface area contributed by atoms with Crippen LogP contribution in [0.4, 0.5) is 5.82 Å². The summed E-state index contributed by atoms with van der Waals surface area (Å²) in [6.07, 6.45) is 1.39. The molecule has 0 amide bonds. The molecule has 1 aromatic rings. The molecule has 0 unspecified atom stereocenters. The highest BCUT2D eigenvalue weighted by molar-refractivity contribution is 5.96. The third-order valence-electron chi connectivity index (χ3n) is 3.17. The molecule has 27 heavy (non-hydrogen) atoms. The number of ketones is 1. The maximum atomic E-state index is 11.9. The minimum Gasteiger partial charge on any atom is -0.382 e. The van der Waals surface area contributed by atoms with Crippen LogP contribution in [-0.2, 0) is 18.9 Å². The van der Waals surface area contributed by atoms with Gasteiger partial charge in [0.05, 0.1) is 46.2 Å². The van der Waals surface area contributed by atoms with Crippen LogP contribution in [0.2, 0.25) is 0 Å². The third kappa shape index (κ3) is 13.2. The van der Waals surface area contributed by atoms with Crippen LogP contribution in [0.25, 0.3) is 0 Å². The predicted octanol–water partition coefficient (Wildman–Crippen LogP) is 2.45. The summed E-state index contributed by atoms with van der Waals surface area (Å²) in [6, 6.07) is 1.66. The van der Waals surface area contributed by atoms with Gasteiger partial charge in [-0.25, -0.2) is 9.97 Å². The van der Waals surface area contributed by atoms with Gasteiger partial charge < -0.3 is 24.3 Å². The number of rotatable bonds is 15. The summed E-state index contributed by atoms with van der Waals surface area (Å²) in [5.74, 6) is 0.536. The van der Waals surface area contributed by atoms with Crippen LogP contribution in [0, 0.1) is 5.92 Å². The lowest BCUT2D eigenvalue weighted by Crippen LogP contribution is -2.15. The van der Waals surface area contributed by atoms with Gasteiger partial charge in [-0.15, -0.1) is 0 Å². The maximum absolute atomic E-state index is 11.9. The fraction of sp³-hybridized carbons (Fsp3) is 0.737. The molecule has 0 aromatic carbocycles. The van der Waals surface area contributed by atoms with E-state index < -0.39 is 0 Å². The quantitative estimate of drug-likeness (QED) is 0.364. The lowest BCUT2D eigenvalue weighted by atomic mass is 10.1. The first kappa shape index (κ1) is 25.4. The van der Waals surface area contributed by atoms with Crippen molar-refractivity contribution < 1.29 is 23.7 Å². The summed E-state index contributed by atoms with van der Waals surface area (Å²) in [4.78, 5) is 20.0. The van der Waals surface area contributed by atoms with Gasteiger partial charge in [0.2, 0.25) is 0 Å². The molecule has 156 valence electrons. The smallest absolute Gasteiger partial charge is 0.183 e. The first-order chi connectivity index (χ1) is 13.1. The molecule has 0 saturated heterocycles. The highest BCUT2D eigenvalue weighted by Crippen LogP contribution is 2.09. The van der Waals surface area contributed by atoms with E-state index in [1.807, 2.05) is 27.7 Å². The number of aromatic nitrogens is 2. The number of hydrogen-bond acceptors (Lipinski definition) is 8. The lowest BCUT2D eigenvalue weighted by molar-refractivity contribution is 0.00495. The molecule has 0 spiro atoms. The van der Waals surface area contributed by atoms with E-state index in [9.17, 15) is 4.79 Å². The van der Waals surface area contributed by atoms with Crippen LogP contribution in [0.1, 0.15) is 38.2 Å². The fourth-order valence-corrected chi connectivity index (χ4v) is 1.82. The van der Waals surface area contributed by atoms with E-state index in [1.54, 1.807) is 13.2 Å². The van der Waals surface area contributed by atoms with Gasteiger partial charge in [0, 0.05) is 25.6 Å². The van der Waals surface area contributed by atoms with Gasteiger partial charge in [0.15, 0.2) is 5.78 Å². The van der Waals surface area contributed by atoms with Crippen LogP contribution in [0.3, 0.4) is 0 Å². The summed E-state index contributed by atoms with van der Waals surface area (Å²) < 4.78 is 21.0. The largest absolute Gasteiger partial charge is 0.382 e. The standard InChI is InChI=1S/C17H29N3O5.C2H6/c1-14(2)17(21)15-12-16(20-13-19-15)18-4-5-23-8-9-25-11-10-24-7-6-22-3;1-2/h12-14H,4-11H2,1-3H3,(H,18,19,20);1-2H3. The van der Waals surface area contributed by atoms with Crippen LogP contribution in [0.15, 0.2) is 12.4 Å². The van der Waals surface area contributed by atoms with Gasteiger partial charge in [-0.3, -0.25) is 4.79 Å². The van der Waals surface area contributed by atoms with Crippen molar-refractivity contribution in [2.75, 3.05) is 65.2 Å². The van der Waals surface area contributed by atoms with Gasteiger partial charge in [0.25, 0.3) is 0 Å². The van der Waals surface area contributed by atoms with Crippen molar-refractivity contribution in [1.82, 2.24) is 9.97 Å². The number of carbonyl (C=O) groups excluding carboxylic acids is 1. The Labute approximate surface area is 163 Å². The van der Waals surface area contributed by atoms with Gasteiger partial charge in [0.1, 0.15) is 17.8 Å². The first-order valence-electron chi connectivity index (χ1n) is 9.47. The normalized spacial score (nSPS) is 10.4. The van der Waals surface area contributed by atoms with Gasteiger partial charge in [-0.05, 0) is 0 Å². The number of carbonyl (C=O) groups is 1. The molecule has 1 N–H and O–H groups in total. The number of hydrogen-bond donors (Lipinski definition) is 1. The average Bonchev–Trinajstić information content (AvgIpc) is 2.70. The number of ether oxygens (including phenoxy) is 4. The second kappa shape index (κ2) is 17.8. The molecule has 0 radical (unpaired) electrons. The number of anilines is 1. The van der Waals surface area contributed by atoms with E-state index in [1.165, 1.54) is 6.33 Å². The zero-order valence-electron chi connectivity index (χ0n) is 17.3. The predicted molar refractivity (Wildman–Crippen MR) is 105 cm³/mol. The van der Waals surface area contributed by atoms with Crippen LogP contribution in [0.5, 0.6) is 0 Å². The SMILES string of the molecule is CC.COCCOCCOCCOCCNc1cc(C(=O)C(C)C)ncn1. The van der Waals surface area contributed by atoms with Gasteiger partial charge in [-0.2, -0.15) is 0 Å². The van der Waals surface area contributed by atoms with Crippen molar-refractivity contribution in [2.24, 2.45) is 5.92 Å². The third-order valence-corrected chi connectivity index (χ3v) is 3.17. The molecule has 1 aromatic heterocycles. The van der Waals surface area contributed by atoms with Crippen molar-refractivity contribution in [2.45, 2.75) is 27.7 Å². The summed E-state index contributed by atoms with van der Waals surface area (Å²) >= 11 is 0. The van der Waals surface area contributed by atoms with E-state index in [0.29, 0.717) is 64.3 Å². The average molecular weight is 386 g/mol. The van der Waals surface area contributed by atoms with Gasteiger partial charge >= 0.3 is 0 Å². The maximum Gasteiger partial charge on any atom is 0.183 e. The Balaban J connectivity index is 0.00000326. The molecule has 0 bridgehead atoms. The van der Waals surface area contributed by atoms with Crippen molar-refractivity contribution in [1.29, 1.82) is 0 Å². The van der Waals surface area contributed by atoms with E-state index in [2.05, 4.69) is 15.3 Å². The van der Waals surface area contributed by atoms with E-state index in [0.717, 1.165) is 0 Å². The topological polar surface area (TPSA) is 91.8 Å². The van der Waals surface area contributed by atoms with Crippen LogP contribution in [-0.4, -0.2) is 75.7 Å². The Bertz CT molecular complexity index is 486. The van der Waals surface area contributed by atoms with E-state index in [4.69, 9.17) is 18.9 Å². The van der Waals surface area contributed by atoms with Crippen molar-refractivity contribution in [3.63, 3.8) is 0 Å². The monoisotopic (exact) mass is 385 g/mol. The van der Waals surface area contributed by atoms with E-state index >= 15 is 0 Å². The minimum atomic E-state index is -0.0866. The van der Waals surface area contributed by atoms with Gasteiger partial charge in [-0.1, -0.05) is 27.7 Å². The molecule has 8 heteroatoms. The fourth-order valence-electron chi connectivity index (χ4n) is 1.82. The molecule has 0 saturated carbocycles. The number of nitrogens with zero attached hydrogens (tertiary/aromatic N) is 2. The number of methoxy groups -OCH3 is 1. The number of Topliss-reactive ketones (excluding diaryl/α,β-unsaturated/α-hetero) is 1. The highest BCUT2D eigenvalue weighted by atomic mass is 16.6. The Hall–Kier alpha value is -1.61. The van der Waals surface area contributed by atoms with Crippen molar-refractivity contribution in [3.8, 4) is 0 Å². The molecule has 0 aliphatic carbocycles.